The monoisotopic (exact) mass is 368 g/mol. The van der Waals surface area contributed by atoms with Crippen molar-refractivity contribution in [2.45, 2.75) is 43.2 Å². The average molecular weight is 368 g/mol. The number of fused-ring (bicyclic) bond motifs is 2. The van der Waals surface area contributed by atoms with Crippen molar-refractivity contribution in [3.8, 4) is 0 Å². The van der Waals surface area contributed by atoms with E-state index < -0.39 is 22.8 Å². The van der Waals surface area contributed by atoms with Gasteiger partial charge in [0.1, 0.15) is 17.2 Å². The van der Waals surface area contributed by atoms with Crippen molar-refractivity contribution < 1.29 is 19.4 Å². The number of rotatable bonds is 0. The molecule has 1 aliphatic carbocycles. The van der Waals surface area contributed by atoms with Gasteiger partial charge in [-0.3, -0.25) is 10.1 Å². The molecule has 0 radical (unpaired) electrons. The largest absolute Gasteiger partial charge is 0.458 e. The van der Waals surface area contributed by atoms with E-state index in [-0.39, 0.29) is 18.0 Å². The van der Waals surface area contributed by atoms with Gasteiger partial charge < -0.3 is 19.5 Å². The lowest BCUT2D eigenvalue weighted by atomic mass is 9.42. The van der Waals surface area contributed by atoms with Crippen LogP contribution in [0.15, 0.2) is 35.9 Å². The van der Waals surface area contributed by atoms with Gasteiger partial charge in [-0.2, -0.15) is 0 Å². The van der Waals surface area contributed by atoms with Crippen LogP contribution < -0.4 is 10.2 Å². The van der Waals surface area contributed by atoms with Crippen LogP contribution in [0.25, 0.3) is 0 Å². The lowest BCUT2D eigenvalue weighted by Crippen LogP contribution is -2.85. The van der Waals surface area contributed by atoms with Crippen LogP contribution in [0.3, 0.4) is 0 Å². The van der Waals surface area contributed by atoms with E-state index >= 15 is 0 Å². The number of esters is 1. The van der Waals surface area contributed by atoms with E-state index in [4.69, 9.17) is 9.47 Å². The Kier molecular flexibility index (Phi) is 2.83. The Morgan fingerprint density at radius 3 is 3.00 bits per heavy atom. The number of nitrogens with zero attached hydrogens (tertiary/aromatic N) is 1. The topological polar surface area (TPSA) is 71.0 Å². The van der Waals surface area contributed by atoms with Gasteiger partial charge in [-0.05, 0) is 43.5 Å². The van der Waals surface area contributed by atoms with Gasteiger partial charge in [-0.1, -0.05) is 24.3 Å². The average Bonchev–Trinajstić information content (AvgIpc) is 3.20. The SMILES string of the molecule is CC=C1CO[C@@H](O)[C@]23C(=O)O[C@H](C[C@@H]12)[C@]12NCC[C@]31c1ccccc1N2C. The summed E-state index contributed by atoms with van der Waals surface area (Å²) in [5.41, 5.74) is 1.08. The van der Waals surface area contributed by atoms with Crippen LogP contribution in [0.2, 0.25) is 0 Å². The number of nitrogens with one attached hydrogen (secondary N) is 1. The fourth-order valence-electron chi connectivity index (χ4n) is 7.36. The van der Waals surface area contributed by atoms with Gasteiger partial charge in [0.15, 0.2) is 6.29 Å². The first-order valence-corrected chi connectivity index (χ1v) is 9.80. The van der Waals surface area contributed by atoms with Crippen LogP contribution in [0.1, 0.15) is 25.3 Å². The number of anilines is 1. The summed E-state index contributed by atoms with van der Waals surface area (Å²) >= 11 is 0. The van der Waals surface area contributed by atoms with Crippen molar-refractivity contribution in [1.82, 2.24) is 5.32 Å². The summed E-state index contributed by atoms with van der Waals surface area (Å²) in [6.07, 6.45) is 2.08. The third-order valence-corrected chi connectivity index (χ3v) is 8.17. The van der Waals surface area contributed by atoms with Gasteiger partial charge in [0.2, 0.25) is 0 Å². The minimum absolute atomic E-state index is 0.0647. The van der Waals surface area contributed by atoms with Crippen LogP contribution in [0.4, 0.5) is 5.69 Å². The molecule has 1 saturated carbocycles. The number of hydrogen-bond donors (Lipinski definition) is 2. The van der Waals surface area contributed by atoms with Gasteiger partial charge in [0.05, 0.1) is 12.0 Å². The van der Waals surface area contributed by atoms with Gasteiger partial charge in [-0.25, -0.2) is 0 Å². The summed E-state index contributed by atoms with van der Waals surface area (Å²) in [6, 6.07) is 8.28. The zero-order chi connectivity index (χ0) is 18.6. The minimum atomic E-state index is -1.18. The van der Waals surface area contributed by atoms with E-state index in [1.54, 1.807) is 0 Å². The van der Waals surface area contributed by atoms with Crippen molar-refractivity contribution in [2.75, 3.05) is 25.1 Å². The summed E-state index contributed by atoms with van der Waals surface area (Å²) in [7, 11) is 2.08. The highest BCUT2D eigenvalue weighted by atomic mass is 16.6. The summed E-state index contributed by atoms with van der Waals surface area (Å²) in [4.78, 5) is 15.8. The molecule has 2 N–H and O–H groups in total. The molecule has 2 bridgehead atoms. The molecule has 5 aliphatic heterocycles. The Hall–Kier alpha value is -1.89. The number of aliphatic hydroxyl groups excluding tert-OH is 1. The Balaban J connectivity index is 1.75. The molecule has 0 amide bonds. The van der Waals surface area contributed by atoms with E-state index in [2.05, 4.69) is 35.5 Å². The fourth-order valence-corrected chi connectivity index (χ4v) is 7.36. The molecule has 6 nitrogen and oxygen atoms in total. The smallest absolute Gasteiger partial charge is 0.319 e. The number of allylic oxidation sites excluding steroid dienone is 1. The van der Waals surface area contributed by atoms with Crippen molar-refractivity contribution in [1.29, 1.82) is 0 Å². The Morgan fingerprint density at radius 1 is 1.37 bits per heavy atom. The molecular weight excluding hydrogens is 344 g/mol. The summed E-state index contributed by atoms with van der Waals surface area (Å²) < 4.78 is 11.9. The number of para-hydroxylation sites is 1. The first-order chi connectivity index (χ1) is 13.1. The predicted molar refractivity (Wildman–Crippen MR) is 98.0 cm³/mol. The zero-order valence-corrected chi connectivity index (χ0v) is 15.6. The normalized spacial score (nSPS) is 48.1. The van der Waals surface area contributed by atoms with Crippen LogP contribution in [0.5, 0.6) is 0 Å². The standard InChI is InChI=1S/C21H24N2O4/c1-3-12-11-26-17(24)20-14(12)10-16(27-18(20)25)21-19(20,8-9-22-21)13-6-4-5-7-15(13)23(21)2/h3-7,14,16-17,22,24H,8-11H2,1-2H3/t14-,16+,17+,19-,20-,21+/m0/s1. The van der Waals surface area contributed by atoms with Crippen LogP contribution in [0, 0.1) is 11.3 Å². The van der Waals surface area contributed by atoms with Crippen molar-refractivity contribution >= 4 is 11.7 Å². The van der Waals surface area contributed by atoms with Crippen molar-refractivity contribution in [3.05, 3.63) is 41.5 Å². The fraction of sp³-hybridized carbons (Fsp3) is 0.571. The molecule has 1 aromatic carbocycles. The molecule has 1 spiro atoms. The lowest BCUT2D eigenvalue weighted by molar-refractivity contribution is -0.297. The van der Waals surface area contributed by atoms with E-state index in [1.807, 2.05) is 19.1 Å². The van der Waals surface area contributed by atoms with Crippen LogP contribution in [-0.2, 0) is 19.7 Å². The quantitative estimate of drug-likeness (QED) is 0.531. The van der Waals surface area contributed by atoms with E-state index in [0.717, 1.165) is 29.8 Å². The summed E-state index contributed by atoms with van der Waals surface area (Å²) in [5, 5.41) is 15.0. The second-order valence-electron chi connectivity index (χ2n) is 8.50. The van der Waals surface area contributed by atoms with Crippen molar-refractivity contribution in [2.24, 2.45) is 11.3 Å². The number of benzene rings is 1. The Bertz CT molecular complexity index is 900. The molecule has 6 heteroatoms. The first kappa shape index (κ1) is 16.1. The van der Waals surface area contributed by atoms with Crippen LogP contribution >= 0.6 is 0 Å². The second kappa shape index (κ2) is 4.74. The number of hydrogen-bond acceptors (Lipinski definition) is 6. The molecule has 4 saturated heterocycles. The molecule has 1 aromatic rings. The minimum Gasteiger partial charge on any atom is -0.458 e. The Morgan fingerprint density at radius 2 is 2.19 bits per heavy atom. The maximum atomic E-state index is 13.5. The van der Waals surface area contributed by atoms with Gasteiger partial charge in [0.25, 0.3) is 0 Å². The molecule has 0 unspecified atom stereocenters. The molecule has 7 rings (SSSR count). The zero-order valence-electron chi connectivity index (χ0n) is 15.6. The number of likely N-dealkylation sites (N-methyl/N-ethyl adjacent to an activating group) is 1. The van der Waals surface area contributed by atoms with Gasteiger partial charge >= 0.3 is 5.97 Å². The molecule has 5 fully saturated rings. The van der Waals surface area contributed by atoms with Crippen molar-refractivity contribution in [3.63, 3.8) is 0 Å². The van der Waals surface area contributed by atoms with Crippen LogP contribution in [-0.4, -0.2) is 49.3 Å². The van der Waals surface area contributed by atoms with Gasteiger partial charge in [-0.15, -0.1) is 0 Å². The number of carbonyl (C=O) groups is 1. The summed E-state index contributed by atoms with van der Waals surface area (Å²) in [6.45, 7) is 3.14. The van der Waals surface area contributed by atoms with Gasteiger partial charge in [0, 0.05) is 18.7 Å². The third kappa shape index (κ3) is 1.33. The number of aliphatic hydroxyl groups is 1. The predicted octanol–water partition coefficient (Wildman–Crippen LogP) is 1.29. The number of ether oxygens (including phenoxy) is 2. The third-order valence-electron chi connectivity index (χ3n) is 8.17. The highest BCUT2D eigenvalue weighted by Crippen LogP contribution is 2.74. The second-order valence-corrected chi connectivity index (χ2v) is 8.50. The highest BCUT2D eigenvalue weighted by molar-refractivity contribution is 5.89. The highest BCUT2D eigenvalue weighted by Gasteiger charge is 2.87. The molecule has 6 atom stereocenters. The van der Waals surface area contributed by atoms with E-state index in [9.17, 15) is 9.90 Å². The summed E-state index contributed by atoms with van der Waals surface area (Å²) in [5.74, 6) is -0.371. The molecule has 0 aromatic heterocycles. The lowest BCUT2D eigenvalue weighted by Gasteiger charge is -2.68. The Labute approximate surface area is 158 Å². The maximum absolute atomic E-state index is 13.5. The maximum Gasteiger partial charge on any atom is 0.319 e. The van der Waals surface area contributed by atoms with E-state index in [0.29, 0.717) is 13.0 Å². The number of carbonyl (C=O) groups excluding carboxylic acids is 1. The molecule has 5 heterocycles. The molecule has 142 valence electrons. The molecule has 6 aliphatic rings. The molecular formula is C21H24N2O4. The molecule has 27 heavy (non-hydrogen) atoms. The van der Waals surface area contributed by atoms with E-state index in [1.165, 1.54) is 0 Å². The first-order valence-electron chi connectivity index (χ1n) is 9.80.